The van der Waals surface area contributed by atoms with Crippen LogP contribution < -0.4 is 5.73 Å². The van der Waals surface area contributed by atoms with Gasteiger partial charge in [-0.05, 0) is 31.1 Å². The van der Waals surface area contributed by atoms with Crippen LogP contribution in [0.15, 0.2) is 0 Å². The van der Waals surface area contributed by atoms with Crippen molar-refractivity contribution in [1.82, 2.24) is 15.2 Å². The van der Waals surface area contributed by atoms with Gasteiger partial charge in [-0.1, -0.05) is 13.8 Å². The Morgan fingerprint density at radius 1 is 1.31 bits per heavy atom. The fourth-order valence-electron chi connectivity index (χ4n) is 3.44. The standard InChI is InChI=1S/C12H20N4/c1-6(2)11-14-12(16-15-11)9-7-3-4-8(5-7)10(9)13/h6-10H,3-5,13H2,1-2H3,(H,14,15,16). The zero-order chi connectivity index (χ0) is 11.3. The van der Waals surface area contributed by atoms with Crippen molar-refractivity contribution in [3.63, 3.8) is 0 Å². The highest BCUT2D eigenvalue weighted by molar-refractivity contribution is 5.13. The van der Waals surface area contributed by atoms with Crippen molar-refractivity contribution in [2.75, 3.05) is 0 Å². The van der Waals surface area contributed by atoms with Gasteiger partial charge in [0.05, 0.1) is 0 Å². The second-order valence-corrected chi connectivity index (χ2v) is 5.67. The average molecular weight is 220 g/mol. The van der Waals surface area contributed by atoms with E-state index < -0.39 is 0 Å². The molecular formula is C12H20N4. The molecule has 16 heavy (non-hydrogen) atoms. The van der Waals surface area contributed by atoms with Gasteiger partial charge in [0.1, 0.15) is 5.82 Å². The van der Waals surface area contributed by atoms with Crippen molar-refractivity contribution in [3.05, 3.63) is 11.6 Å². The zero-order valence-corrected chi connectivity index (χ0v) is 9.98. The van der Waals surface area contributed by atoms with Gasteiger partial charge in [-0.2, -0.15) is 5.10 Å². The van der Waals surface area contributed by atoms with Crippen LogP contribution in [0.3, 0.4) is 0 Å². The topological polar surface area (TPSA) is 67.6 Å². The van der Waals surface area contributed by atoms with Crippen LogP contribution in [0.4, 0.5) is 0 Å². The van der Waals surface area contributed by atoms with Gasteiger partial charge in [0.15, 0.2) is 5.82 Å². The van der Waals surface area contributed by atoms with Crippen LogP contribution >= 0.6 is 0 Å². The number of nitrogens with one attached hydrogen (secondary N) is 1. The fraction of sp³-hybridized carbons (Fsp3) is 0.833. The molecule has 4 nitrogen and oxygen atoms in total. The number of aromatic nitrogens is 3. The molecule has 0 spiro atoms. The third-order valence-electron chi connectivity index (χ3n) is 4.33. The van der Waals surface area contributed by atoms with Gasteiger partial charge >= 0.3 is 0 Å². The van der Waals surface area contributed by atoms with Gasteiger partial charge in [-0.15, -0.1) is 0 Å². The molecule has 4 heteroatoms. The number of hydrogen-bond donors (Lipinski definition) is 2. The number of aromatic amines is 1. The fourth-order valence-corrected chi connectivity index (χ4v) is 3.44. The summed E-state index contributed by atoms with van der Waals surface area (Å²) in [6, 6.07) is 0.298. The first kappa shape index (κ1) is 10.3. The molecule has 0 radical (unpaired) electrons. The Labute approximate surface area is 96.0 Å². The van der Waals surface area contributed by atoms with Gasteiger partial charge in [-0.25, -0.2) is 4.98 Å². The zero-order valence-electron chi connectivity index (χ0n) is 9.98. The molecule has 1 aromatic heterocycles. The number of H-pyrrole nitrogens is 1. The SMILES string of the molecule is CC(C)c1n[nH]c(C2C3CCC(C3)C2N)n1. The third kappa shape index (κ3) is 1.39. The Morgan fingerprint density at radius 3 is 2.62 bits per heavy atom. The molecule has 4 unspecified atom stereocenters. The van der Waals surface area contributed by atoms with Crippen molar-refractivity contribution in [2.45, 2.75) is 51.0 Å². The Morgan fingerprint density at radius 2 is 2.06 bits per heavy atom. The Kier molecular flexibility index (Phi) is 2.28. The molecule has 0 aromatic carbocycles. The molecule has 2 aliphatic carbocycles. The maximum Gasteiger partial charge on any atom is 0.153 e. The second-order valence-electron chi connectivity index (χ2n) is 5.67. The summed E-state index contributed by atoms with van der Waals surface area (Å²) in [7, 11) is 0. The van der Waals surface area contributed by atoms with Crippen LogP contribution in [-0.4, -0.2) is 21.2 Å². The Hall–Kier alpha value is -0.900. The smallest absolute Gasteiger partial charge is 0.153 e. The molecule has 88 valence electrons. The average Bonchev–Trinajstić information content (AvgIpc) is 2.89. The van der Waals surface area contributed by atoms with E-state index in [2.05, 4.69) is 29.0 Å². The predicted molar refractivity (Wildman–Crippen MR) is 62.0 cm³/mol. The maximum atomic E-state index is 6.29. The van der Waals surface area contributed by atoms with E-state index in [9.17, 15) is 0 Å². The molecule has 1 aromatic rings. The number of hydrogen-bond acceptors (Lipinski definition) is 3. The molecular weight excluding hydrogens is 200 g/mol. The summed E-state index contributed by atoms with van der Waals surface area (Å²) in [5.74, 6) is 4.24. The highest BCUT2D eigenvalue weighted by Gasteiger charge is 2.47. The van der Waals surface area contributed by atoms with Gasteiger partial charge in [0, 0.05) is 17.9 Å². The molecule has 2 bridgehead atoms. The largest absolute Gasteiger partial charge is 0.327 e. The summed E-state index contributed by atoms with van der Waals surface area (Å²) in [6.07, 6.45) is 3.93. The lowest BCUT2D eigenvalue weighted by Crippen LogP contribution is -2.34. The van der Waals surface area contributed by atoms with Gasteiger partial charge < -0.3 is 5.73 Å². The van der Waals surface area contributed by atoms with Gasteiger partial charge in [0.25, 0.3) is 0 Å². The minimum absolute atomic E-state index is 0.298. The Balaban J connectivity index is 1.86. The van der Waals surface area contributed by atoms with Gasteiger partial charge in [-0.3, -0.25) is 5.10 Å². The lowest BCUT2D eigenvalue weighted by atomic mass is 9.84. The molecule has 0 aliphatic heterocycles. The molecule has 2 aliphatic rings. The molecule has 2 saturated carbocycles. The van der Waals surface area contributed by atoms with E-state index in [4.69, 9.17) is 5.73 Å². The quantitative estimate of drug-likeness (QED) is 0.798. The molecule has 0 saturated heterocycles. The van der Waals surface area contributed by atoms with E-state index >= 15 is 0 Å². The number of fused-ring (bicyclic) bond motifs is 2. The van der Waals surface area contributed by atoms with Crippen molar-refractivity contribution < 1.29 is 0 Å². The molecule has 0 amide bonds. The summed E-state index contributed by atoms with van der Waals surface area (Å²) < 4.78 is 0. The van der Waals surface area contributed by atoms with Crippen LogP contribution in [0.5, 0.6) is 0 Å². The van der Waals surface area contributed by atoms with E-state index in [0.29, 0.717) is 17.9 Å². The molecule has 1 heterocycles. The van der Waals surface area contributed by atoms with Crippen molar-refractivity contribution in [3.8, 4) is 0 Å². The molecule has 3 rings (SSSR count). The summed E-state index contributed by atoms with van der Waals surface area (Å²) in [4.78, 5) is 4.61. The summed E-state index contributed by atoms with van der Waals surface area (Å²) in [5.41, 5.74) is 6.29. The number of rotatable bonds is 2. The lowest BCUT2D eigenvalue weighted by molar-refractivity contribution is 0.354. The number of nitrogens with zero attached hydrogens (tertiary/aromatic N) is 2. The first-order valence-electron chi connectivity index (χ1n) is 6.34. The van der Waals surface area contributed by atoms with E-state index in [1.54, 1.807) is 0 Å². The number of nitrogens with two attached hydrogens (primary N) is 1. The van der Waals surface area contributed by atoms with Crippen LogP contribution in [-0.2, 0) is 0 Å². The van der Waals surface area contributed by atoms with E-state index in [1.807, 2.05) is 0 Å². The van der Waals surface area contributed by atoms with Crippen LogP contribution in [0.1, 0.15) is 56.6 Å². The molecule has 3 N–H and O–H groups in total. The second kappa shape index (κ2) is 3.55. The summed E-state index contributed by atoms with van der Waals surface area (Å²) in [6.45, 7) is 4.24. The summed E-state index contributed by atoms with van der Waals surface area (Å²) in [5, 5.41) is 7.39. The van der Waals surface area contributed by atoms with Crippen molar-refractivity contribution in [2.24, 2.45) is 17.6 Å². The highest BCUT2D eigenvalue weighted by Crippen LogP contribution is 2.51. The van der Waals surface area contributed by atoms with Gasteiger partial charge in [0.2, 0.25) is 0 Å². The van der Waals surface area contributed by atoms with E-state index in [1.165, 1.54) is 19.3 Å². The molecule has 2 fully saturated rings. The minimum Gasteiger partial charge on any atom is -0.327 e. The predicted octanol–water partition coefficient (Wildman–Crippen LogP) is 1.77. The van der Waals surface area contributed by atoms with Crippen molar-refractivity contribution in [1.29, 1.82) is 0 Å². The third-order valence-corrected chi connectivity index (χ3v) is 4.33. The molecule has 4 atom stereocenters. The van der Waals surface area contributed by atoms with Crippen molar-refractivity contribution >= 4 is 0 Å². The maximum absolute atomic E-state index is 6.29. The van der Waals surface area contributed by atoms with Crippen LogP contribution in [0.2, 0.25) is 0 Å². The van der Waals surface area contributed by atoms with Crippen LogP contribution in [0.25, 0.3) is 0 Å². The first-order valence-corrected chi connectivity index (χ1v) is 6.34. The first-order chi connectivity index (χ1) is 7.66. The van der Waals surface area contributed by atoms with E-state index in [0.717, 1.165) is 23.5 Å². The minimum atomic E-state index is 0.298. The van der Waals surface area contributed by atoms with E-state index in [-0.39, 0.29) is 0 Å². The monoisotopic (exact) mass is 220 g/mol. The summed E-state index contributed by atoms with van der Waals surface area (Å²) >= 11 is 0. The van der Waals surface area contributed by atoms with Crippen LogP contribution in [0, 0.1) is 11.8 Å². The highest BCUT2D eigenvalue weighted by atomic mass is 15.2. The Bertz CT molecular complexity index is 382. The lowest BCUT2D eigenvalue weighted by Gasteiger charge is -2.25. The normalized spacial score (nSPS) is 37.5.